The molecule has 0 bridgehead atoms. The van der Waals surface area contributed by atoms with E-state index < -0.39 is 29.9 Å². The van der Waals surface area contributed by atoms with Gasteiger partial charge in [0.2, 0.25) is 5.91 Å². The van der Waals surface area contributed by atoms with Crippen LogP contribution in [0.15, 0.2) is 42.7 Å². The van der Waals surface area contributed by atoms with E-state index >= 15 is 0 Å². The molecule has 1 aromatic rings. The van der Waals surface area contributed by atoms with Crippen molar-refractivity contribution in [1.29, 1.82) is 0 Å². The summed E-state index contributed by atoms with van der Waals surface area (Å²) in [7, 11) is 1.60. The number of imide groups is 1. The van der Waals surface area contributed by atoms with Crippen LogP contribution in [0.1, 0.15) is 37.8 Å². The van der Waals surface area contributed by atoms with Crippen LogP contribution in [0.4, 0.5) is 4.79 Å². The molecule has 1 aliphatic heterocycles. The monoisotopic (exact) mass is 388 g/mol. The van der Waals surface area contributed by atoms with Crippen LogP contribution in [0.5, 0.6) is 0 Å². The Morgan fingerprint density at radius 2 is 2.00 bits per heavy atom. The Balaban J connectivity index is 2.08. The molecule has 152 valence electrons. The molecule has 0 radical (unpaired) electrons. The van der Waals surface area contributed by atoms with Crippen LogP contribution >= 0.6 is 0 Å². The molecule has 8 nitrogen and oxygen atoms in total. The van der Waals surface area contributed by atoms with Gasteiger partial charge in [-0.3, -0.25) is 4.79 Å². The number of hydrogen-bond donors (Lipinski definition) is 3. The number of carboxylic acid groups (broad SMARTS) is 1. The quantitative estimate of drug-likeness (QED) is 0.439. The number of likely N-dealkylation sites (tertiary alicyclic amines) is 1. The summed E-state index contributed by atoms with van der Waals surface area (Å²) in [5.74, 6) is -2.01. The van der Waals surface area contributed by atoms with Crippen LogP contribution < -0.4 is 11.1 Å². The van der Waals surface area contributed by atoms with Gasteiger partial charge in [0.05, 0.1) is 17.8 Å². The van der Waals surface area contributed by atoms with Gasteiger partial charge in [0.25, 0.3) is 0 Å². The zero-order valence-corrected chi connectivity index (χ0v) is 16.3. The van der Waals surface area contributed by atoms with Crippen molar-refractivity contribution in [3.63, 3.8) is 0 Å². The number of nitrogens with two attached hydrogens (primary N) is 1. The second kappa shape index (κ2) is 9.25. The lowest BCUT2D eigenvalue weighted by Crippen LogP contribution is -2.68. The number of carboxylic acids is 1. The van der Waals surface area contributed by atoms with E-state index in [1.807, 2.05) is 37.3 Å². The summed E-state index contributed by atoms with van der Waals surface area (Å²) >= 11 is 0. The van der Waals surface area contributed by atoms with E-state index in [0.29, 0.717) is 31.6 Å². The molecule has 0 aromatic heterocycles. The SMILES string of the molecule is C=C(N)NCCCC1C(=O)N(C(=O)N(C)C(CC)c2ccccc2)C1C(=O)O. The molecule has 8 heteroatoms. The number of nitrogens with one attached hydrogen (secondary N) is 1. The molecule has 0 saturated carbocycles. The molecule has 4 N–H and O–H groups in total. The number of urea groups is 1. The molecule has 0 aliphatic carbocycles. The molecule has 1 saturated heterocycles. The number of benzene rings is 1. The molecule has 3 atom stereocenters. The van der Waals surface area contributed by atoms with Crippen LogP contribution in [0, 0.1) is 5.92 Å². The van der Waals surface area contributed by atoms with Crippen molar-refractivity contribution in [2.75, 3.05) is 13.6 Å². The lowest BCUT2D eigenvalue weighted by atomic mass is 9.83. The largest absolute Gasteiger partial charge is 0.480 e. The summed E-state index contributed by atoms with van der Waals surface area (Å²) < 4.78 is 0. The number of nitrogens with zero attached hydrogens (tertiary/aromatic N) is 2. The van der Waals surface area contributed by atoms with Gasteiger partial charge in [-0.05, 0) is 24.8 Å². The molecular weight excluding hydrogens is 360 g/mol. The molecule has 1 aliphatic rings. The summed E-state index contributed by atoms with van der Waals surface area (Å²) in [6, 6.07) is 7.49. The minimum atomic E-state index is -1.17. The molecule has 28 heavy (non-hydrogen) atoms. The van der Waals surface area contributed by atoms with Crippen LogP contribution in [0.3, 0.4) is 0 Å². The smallest absolute Gasteiger partial charge is 0.327 e. The highest BCUT2D eigenvalue weighted by molar-refractivity contribution is 6.07. The number of amides is 3. The van der Waals surface area contributed by atoms with Gasteiger partial charge in [-0.15, -0.1) is 0 Å². The average molecular weight is 388 g/mol. The highest BCUT2D eigenvalue weighted by atomic mass is 16.4. The Hall–Kier alpha value is -3.03. The number of β-lactam (4-membered cyclic amide) rings is 1. The zero-order valence-electron chi connectivity index (χ0n) is 16.3. The molecule has 1 aromatic carbocycles. The predicted octanol–water partition coefficient (Wildman–Crippen LogP) is 1.90. The third-order valence-electron chi connectivity index (χ3n) is 5.06. The van der Waals surface area contributed by atoms with E-state index in [-0.39, 0.29) is 6.04 Å². The highest BCUT2D eigenvalue weighted by Gasteiger charge is 2.55. The van der Waals surface area contributed by atoms with Gasteiger partial charge in [0.15, 0.2) is 6.04 Å². The Morgan fingerprint density at radius 3 is 2.54 bits per heavy atom. The fourth-order valence-corrected chi connectivity index (χ4v) is 3.61. The summed E-state index contributed by atoms with van der Waals surface area (Å²) in [5.41, 5.74) is 6.35. The van der Waals surface area contributed by atoms with E-state index in [0.717, 1.165) is 10.5 Å². The second-order valence-electron chi connectivity index (χ2n) is 6.92. The first-order valence-corrected chi connectivity index (χ1v) is 9.35. The maximum absolute atomic E-state index is 12.9. The minimum absolute atomic E-state index is 0.241. The highest BCUT2D eigenvalue weighted by Crippen LogP contribution is 2.34. The van der Waals surface area contributed by atoms with Crippen LogP contribution in [0.25, 0.3) is 0 Å². The number of carbonyl (C=O) groups is 3. The maximum atomic E-state index is 12.9. The van der Waals surface area contributed by atoms with Gasteiger partial charge in [-0.2, -0.15) is 0 Å². The van der Waals surface area contributed by atoms with E-state index in [9.17, 15) is 19.5 Å². The third-order valence-corrected chi connectivity index (χ3v) is 5.06. The molecular formula is C20H28N4O4. The van der Waals surface area contributed by atoms with E-state index in [4.69, 9.17) is 5.73 Å². The first kappa shape index (κ1) is 21.3. The normalized spacial score (nSPS) is 19.5. The van der Waals surface area contributed by atoms with Crippen molar-refractivity contribution >= 4 is 17.9 Å². The van der Waals surface area contributed by atoms with Crippen molar-refractivity contribution in [3.8, 4) is 0 Å². The van der Waals surface area contributed by atoms with Gasteiger partial charge in [0.1, 0.15) is 0 Å². The first-order chi connectivity index (χ1) is 13.3. The molecule has 2 rings (SSSR count). The van der Waals surface area contributed by atoms with E-state index in [1.54, 1.807) is 7.05 Å². The van der Waals surface area contributed by atoms with Crippen LogP contribution in [-0.4, -0.2) is 52.4 Å². The van der Waals surface area contributed by atoms with Crippen LogP contribution in [0.2, 0.25) is 0 Å². The number of hydrogen-bond acceptors (Lipinski definition) is 5. The van der Waals surface area contributed by atoms with Crippen molar-refractivity contribution in [1.82, 2.24) is 15.1 Å². The molecule has 3 unspecified atom stereocenters. The lowest BCUT2D eigenvalue weighted by molar-refractivity contribution is -0.167. The summed E-state index contributed by atoms with van der Waals surface area (Å²) in [5, 5.41) is 12.4. The molecule has 0 spiro atoms. The maximum Gasteiger partial charge on any atom is 0.327 e. The van der Waals surface area contributed by atoms with Gasteiger partial charge >= 0.3 is 12.0 Å². The van der Waals surface area contributed by atoms with E-state index in [2.05, 4.69) is 11.9 Å². The molecule has 1 fully saturated rings. The van der Waals surface area contributed by atoms with Gasteiger partial charge in [-0.25, -0.2) is 14.5 Å². The Kier molecular flexibility index (Phi) is 7.03. The Bertz CT molecular complexity index is 737. The third kappa shape index (κ3) is 4.44. The summed E-state index contributed by atoms with van der Waals surface area (Å²) in [6.45, 7) is 5.95. The predicted molar refractivity (Wildman–Crippen MR) is 105 cm³/mol. The fourth-order valence-electron chi connectivity index (χ4n) is 3.61. The Morgan fingerprint density at radius 1 is 1.36 bits per heavy atom. The summed E-state index contributed by atoms with van der Waals surface area (Å²) in [4.78, 5) is 39.5. The fraction of sp³-hybridized carbons (Fsp3) is 0.450. The number of rotatable bonds is 9. The van der Waals surface area contributed by atoms with Crippen LogP contribution in [-0.2, 0) is 9.59 Å². The Labute approximate surface area is 165 Å². The lowest BCUT2D eigenvalue weighted by Gasteiger charge is -2.45. The van der Waals surface area contributed by atoms with E-state index in [1.165, 1.54) is 4.90 Å². The van der Waals surface area contributed by atoms with Gasteiger partial charge in [0, 0.05) is 13.6 Å². The van der Waals surface area contributed by atoms with Crippen molar-refractivity contribution in [2.24, 2.45) is 11.7 Å². The second-order valence-corrected chi connectivity index (χ2v) is 6.92. The summed E-state index contributed by atoms with van der Waals surface area (Å²) in [6.07, 6.45) is 1.55. The van der Waals surface area contributed by atoms with Gasteiger partial charge < -0.3 is 21.1 Å². The topological polar surface area (TPSA) is 116 Å². The first-order valence-electron chi connectivity index (χ1n) is 9.35. The molecule has 3 amide bonds. The van der Waals surface area contributed by atoms with Gasteiger partial charge in [-0.1, -0.05) is 43.8 Å². The van der Waals surface area contributed by atoms with Crippen molar-refractivity contribution in [2.45, 2.75) is 38.3 Å². The van der Waals surface area contributed by atoms with Crippen molar-refractivity contribution in [3.05, 3.63) is 48.3 Å². The zero-order chi connectivity index (χ0) is 20.8. The molecule has 1 heterocycles. The van der Waals surface area contributed by atoms with Crippen molar-refractivity contribution < 1.29 is 19.5 Å². The number of aliphatic carboxylic acids is 1. The minimum Gasteiger partial charge on any atom is -0.480 e. The standard InChI is InChI=1S/C20H28N4O4/c1-4-16(14-9-6-5-7-10-14)23(3)20(28)24-17(19(26)27)15(18(24)25)11-8-12-22-13(2)21/h5-7,9-10,15-17,22H,2,4,8,11-12,21H2,1,3H3,(H,26,27). The average Bonchev–Trinajstić information content (AvgIpc) is 2.66. The number of carbonyl (C=O) groups excluding carboxylic acids is 2.